The quantitative estimate of drug-likeness (QED) is 0.769. The van der Waals surface area contributed by atoms with E-state index in [-0.39, 0.29) is 5.91 Å². The Balaban J connectivity index is 2.82. The summed E-state index contributed by atoms with van der Waals surface area (Å²) < 4.78 is 0. The normalized spacial score (nSPS) is 30.7. The summed E-state index contributed by atoms with van der Waals surface area (Å²) in [7, 11) is 0. The molecule has 0 aromatic heterocycles. The second-order valence-electron chi connectivity index (χ2n) is 7.39. The summed E-state index contributed by atoms with van der Waals surface area (Å²) in [6, 6.07) is 0.346. The monoisotopic (exact) mass is 268 g/mol. The molecule has 0 aliphatic heterocycles. The number of rotatable bonds is 4. The van der Waals surface area contributed by atoms with Crippen molar-refractivity contribution in [2.24, 2.45) is 17.1 Å². The number of carbonyl (C=O) groups excluding carboxylic acids is 1. The molecular formula is C16H32N2O. The van der Waals surface area contributed by atoms with Crippen molar-refractivity contribution in [3.63, 3.8) is 0 Å². The number of hydrogen-bond acceptors (Lipinski definition) is 2. The van der Waals surface area contributed by atoms with Crippen LogP contribution in [0.25, 0.3) is 0 Å². The summed E-state index contributed by atoms with van der Waals surface area (Å²) in [6.45, 7) is 11.2. The zero-order valence-corrected chi connectivity index (χ0v) is 13.4. The fourth-order valence-corrected chi connectivity index (χ4v) is 3.24. The van der Waals surface area contributed by atoms with Crippen LogP contribution in [-0.4, -0.2) is 17.5 Å². The van der Waals surface area contributed by atoms with Crippen LogP contribution < -0.4 is 11.1 Å². The highest BCUT2D eigenvalue weighted by Crippen LogP contribution is 2.39. The summed E-state index contributed by atoms with van der Waals surface area (Å²) in [6.07, 6.45) is 6.19. The Morgan fingerprint density at radius 3 is 2.47 bits per heavy atom. The molecule has 1 saturated carbocycles. The van der Waals surface area contributed by atoms with E-state index in [1.54, 1.807) is 0 Å². The van der Waals surface area contributed by atoms with Crippen molar-refractivity contribution in [1.29, 1.82) is 0 Å². The molecule has 0 heterocycles. The fourth-order valence-electron chi connectivity index (χ4n) is 3.24. The summed E-state index contributed by atoms with van der Waals surface area (Å²) in [5.74, 6) is 0.523. The predicted octanol–water partition coefficient (Wildman–Crippen LogP) is 3.23. The minimum Gasteiger partial charge on any atom is -0.368 e. The van der Waals surface area contributed by atoms with Crippen LogP contribution in [0.4, 0.5) is 0 Å². The molecule has 3 atom stereocenters. The van der Waals surface area contributed by atoms with Gasteiger partial charge in [0.1, 0.15) is 0 Å². The maximum atomic E-state index is 12.0. The summed E-state index contributed by atoms with van der Waals surface area (Å²) in [5, 5.41) is 3.52. The lowest BCUT2D eigenvalue weighted by molar-refractivity contribution is -0.125. The van der Waals surface area contributed by atoms with Crippen LogP contribution in [0.15, 0.2) is 0 Å². The topological polar surface area (TPSA) is 55.1 Å². The predicted molar refractivity (Wildman–Crippen MR) is 80.8 cm³/mol. The molecule has 0 aromatic carbocycles. The van der Waals surface area contributed by atoms with Gasteiger partial charge in [-0.3, -0.25) is 4.79 Å². The summed E-state index contributed by atoms with van der Waals surface area (Å²) in [5.41, 5.74) is 5.57. The minimum atomic E-state index is -0.477. The van der Waals surface area contributed by atoms with E-state index in [2.05, 4.69) is 39.9 Å². The largest absolute Gasteiger partial charge is 0.368 e. The number of carbonyl (C=O) groups is 1. The van der Waals surface area contributed by atoms with Gasteiger partial charge in [-0.15, -0.1) is 0 Å². The molecule has 1 aliphatic carbocycles. The zero-order chi connectivity index (χ0) is 14.7. The molecular weight excluding hydrogens is 236 g/mol. The van der Waals surface area contributed by atoms with Gasteiger partial charge in [0.05, 0.1) is 5.54 Å². The highest BCUT2D eigenvalue weighted by Gasteiger charge is 2.40. The molecule has 1 aliphatic rings. The molecule has 0 saturated heterocycles. The Morgan fingerprint density at radius 1 is 1.37 bits per heavy atom. The third-order valence-electron chi connectivity index (χ3n) is 4.91. The van der Waals surface area contributed by atoms with Crippen LogP contribution in [0.5, 0.6) is 0 Å². The number of hydrogen-bond donors (Lipinski definition) is 2. The average Bonchev–Trinajstić information content (AvgIpc) is 2.51. The van der Waals surface area contributed by atoms with Crippen molar-refractivity contribution >= 4 is 5.91 Å². The van der Waals surface area contributed by atoms with Crippen molar-refractivity contribution in [2.45, 2.75) is 84.7 Å². The molecule has 0 aromatic rings. The Bertz CT molecular complexity index is 308. The molecule has 1 amide bonds. The second kappa shape index (κ2) is 6.25. The molecule has 112 valence electrons. The standard InChI is InChI=1S/C16H32N2O/c1-6-12(2)18-16(14(17)19)10-7-8-13(9-11-16)15(3,4)5/h12-13,18H,6-11H2,1-5H3,(H2,17,19). The highest BCUT2D eigenvalue weighted by molar-refractivity contribution is 5.84. The van der Waals surface area contributed by atoms with E-state index >= 15 is 0 Å². The van der Waals surface area contributed by atoms with Crippen LogP contribution in [0.1, 0.15) is 73.1 Å². The third kappa shape index (κ3) is 4.20. The Labute approximate surface area is 118 Å². The van der Waals surface area contributed by atoms with Crippen molar-refractivity contribution < 1.29 is 4.79 Å². The second-order valence-corrected chi connectivity index (χ2v) is 7.39. The first-order valence-corrected chi connectivity index (χ1v) is 7.79. The lowest BCUT2D eigenvalue weighted by atomic mass is 9.76. The first kappa shape index (κ1) is 16.5. The van der Waals surface area contributed by atoms with Gasteiger partial charge in [-0.25, -0.2) is 0 Å². The maximum absolute atomic E-state index is 12.0. The average molecular weight is 268 g/mol. The van der Waals surface area contributed by atoms with E-state index in [1.165, 1.54) is 6.42 Å². The van der Waals surface area contributed by atoms with Gasteiger partial charge in [0.2, 0.25) is 5.91 Å². The molecule has 1 fully saturated rings. The first-order chi connectivity index (χ1) is 8.71. The van der Waals surface area contributed by atoms with Crippen molar-refractivity contribution in [2.75, 3.05) is 0 Å². The Morgan fingerprint density at radius 2 is 2.00 bits per heavy atom. The van der Waals surface area contributed by atoms with Gasteiger partial charge in [-0.05, 0) is 50.4 Å². The number of amides is 1. The van der Waals surface area contributed by atoms with E-state index in [9.17, 15) is 4.79 Å². The summed E-state index contributed by atoms with van der Waals surface area (Å²) >= 11 is 0. The van der Waals surface area contributed by atoms with E-state index in [1.807, 2.05) is 0 Å². The first-order valence-electron chi connectivity index (χ1n) is 7.79. The molecule has 3 heteroatoms. The molecule has 3 nitrogen and oxygen atoms in total. The van der Waals surface area contributed by atoms with Gasteiger partial charge < -0.3 is 11.1 Å². The van der Waals surface area contributed by atoms with Gasteiger partial charge in [0, 0.05) is 6.04 Å². The minimum absolute atomic E-state index is 0.164. The van der Waals surface area contributed by atoms with Crippen molar-refractivity contribution in [3.05, 3.63) is 0 Å². The lowest BCUT2D eigenvalue weighted by Crippen LogP contribution is -2.57. The van der Waals surface area contributed by atoms with Crippen molar-refractivity contribution in [1.82, 2.24) is 5.32 Å². The van der Waals surface area contributed by atoms with Gasteiger partial charge in [0.15, 0.2) is 0 Å². The SMILES string of the molecule is CCC(C)NC1(C(N)=O)CCCC(C(C)(C)C)CC1. The molecule has 0 bridgehead atoms. The number of nitrogens with one attached hydrogen (secondary N) is 1. The van der Waals surface area contributed by atoms with Gasteiger partial charge in [-0.1, -0.05) is 34.1 Å². The fraction of sp³-hybridized carbons (Fsp3) is 0.938. The van der Waals surface area contributed by atoms with Crippen molar-refractivity contribution in [3.8, 4) is 0 Å². The van der Waals surface area contributed by atoms with Crippen LogP contribution in [0.2, 0.25) is 0 Å². The Kier molecular flexibility index (Phi) is 5.43. The van der Waals surface area contributed by atoms with Gasteiger partial charge >= 0.3 is 0 Å². The van der Waals surface area contributed by atoms with Crippen LogP contribution in [-0.2, 0) is 4.79 Å². The smallest absolute Gasteiger partial charge is 0.237 e. The molecule has 3 N–H and O–H groups in total. The van der Waals surface area contributed by atoms with E-state index in [0.29, 0.717) is 17.4 Å². The molecule has 0 spiro atoms. The highest BCUT2D eigenvalue weighted by atomic mass is 16.1. The van der Waals surface area contributed by atoms with E-state index in [4.69, 9.17) is 5.73 Å². The van der Waals surface area contributed by atoms with Gasteiger partial charge in [-0.2, -0.15) is 0 Å². The van der Waals surface area contributed by atoms with Gasteiger partial charge in [0.25, 0.3) is 0 Å². The third-order valence-corrected chi connectivity index (χ3v) is 4.91. The van der Waals surface area contributed by atoms with Crippen LogP contribution >= 0.6 is 0 Å². The van der Waals surface area contributed by atoms with Crippen LogP contribution in [0, 0.1) is 11.3 Å². The van der Waals surface area contributed by atoms with E-state index < -0.39 is 5.54 Å². The maximum Gasteiger partial charge on any atom is 0.237 e. The molecule has 0 radical (unpaired) electrons. The summed E-state index contributed by atoms with van der Waals surface area (Å²) in [4.78, 5) is 12.0. The molecule has 19 heavy (non-hydrogen) atoms. The Hall–Kier alpha value is -0.570. The van der Waals surface area contributed by atoms with E-state index in [0.717, 1.165) is 32.1 Å². The zero-order valence-electron chi connectivity index (χ0n) is 13.4. The number of primary amides is 1. The van der Waals surface area contributed by atoms with Crippen LogP contribution in [0.3, 0.4) is 0 Å². The molecule has 3 unspecified atom stereocenters. The molecule has 1 rings (SSSR count). The number of nitrogens with two attached hydrogens (primary N) is 1. The lowest BCUT2D eigenvalue weighted by Gasteiger charge is -2.34.